The van der Waals surface area contributed by atoms with E-state index >= 15 is 0 Å². The molecule has 2 N–H and O–H groups in total. The SMILES string of the molecule is C#CN(C(=O)C(C)NC(=O)OC(C)(C)C)C(C(=O)NC(C)CCC)c1cc(C)cc(C)c1. The minimum Gasteiger partial charge on any atom is -0.444 e. The molecule has 1 aromatic rings. The molecule has 0 fully saturated rings. The third kappa shape index (κ3) is 8.26. The molecule has 0 bridgehead atoms. The number of terminal acetylenes is 1. The molecule has 7 nitrogen and oxygen atoms in total. The first-order valence-corrected chi connectivity index (χ1v) is 11.0. The number of rotatable bonds is 8. The summed E-state index contributed by atoms with van der Waals surface area (Å²) in [5, 5.41) is 5.46. The third-order valence-electron chi connectivity index (χ3n) is 4.66. The first-order valence-electron chi connectivity index (χ1n) is 11.0. The number of nitrogens with zero attached hydrogens (tertiary/aromatic N) is 1. The van der Waals surface area contributed by atoms with Gasteiger partial charge in [0.1, 0.15) is 17.7 Å². The number of hydrogen-bond acceptors (Lipinski definition) is 4. The molecule has 0 aliphatic rings. The van der Waals surface area contributed by atoms with Crippen molar-refractivity contribution < 1.29 is 19.1 Å². The van der Waals surface area contributed by atoms with Gasteiger partial charge in [-0.15, -0.1) is 0 Å². The van der Waals surface area contributed by atoms with Crippen molar-refractivity contribution in [3.05, 3.63) is 34.9 Å². The number of ether oxygens (including phenoxy) is 1. The molecule has 7 heteroatoms. The minimum absolute atomic E-state index is 0.0760. The Morgan fingerprint density at radius 2 is 1.66 bits per heavy atom. The first-order chi connectivity index (χ1) is 14.8. The Morgan fingerprint density at radius 1 is 1.09 bits per heavy atom. The average molecular weight is 444 g/mol. The molecule has 0 aliphatic heterocycles. The second kappa shape index (κ2) is 11.6. The number of hydrogen-bond donors (Lipinski definition) is 2. The molecule has 0 saturated heterocycles. The monoisotopic (exact) mass is 443 g/mol. The van der Waals surface area contributed by atoms with Gasteiger partial charge < -0.3 is 15.4 Å². The highest BCUT2D eigenvalue weighted by Gasteiger charge is 2.34. The number of alkyl carbamates (subject to hydrolysis) is 1. The smallest absolute Gasteiger partial charge is 0.408 e. The largest absolute Gasteiger partial charge is 0.444 e. The van der Waals surface area contributed by atoms with Crippen molar-refractivity contribution in [2.45, 2.75) is 92.0 Å². The molecule has 3 atom stereocenters. The lowest BCUT2D eigenvalue weighted by Gasteiger charge is -2.30. The Hall–Kier alpha value is -3.01. The predicted octanol–water partition coefficient (Wildman–Crippen LogP) is 3.98. The molecule has 0 saturated carbocycles. The molecule has 3 amide bonds. The second-order valence-corrected chi connectivity index (χ2v) is 9.23. The lowest BCUT2D eigenvalue weighted by Crippen LogP contribution is -2.51. The molecule has 32 heavy (non-hydrogen) atoms. The first kappa shape index (κ1) is 27.0. The fourth-order valence-corrected chi connectivity index (χ4v) is 3.43. The van der Waals surface area contributed by atoms with Gasteiger partial charge in [-0.05, 0) is 60.5 Å². The van der Waals surface area contributed by atoms with Gasteiger partial charge in [-0.25, -0.2) is 4.79 Å². The number of carbonyl (C=O) groups is 3. The summed E-state index contributed by atoms with van der Waals surface area (Å²) in [5.74, 6) is -0.951. The topological polar surface area (TPSA) is 87.7 Å². The van der Waals surface area contributed by atoms with Gasteiger partial charge in [-0.3, -0.25) is 14.5 Å². The Labute approximate surface area is 192 Å². The number of amides is 3. The summed E-state index contributed by atoms with van der Waals surface area (Å²) in [6.07, 6.45) is 6.68. The van der Waals surface area contributed by atoms with Crippen LogP contribution in [0.25, 0.3) is 0 Å². The van der Waals surface area contributed by atoms with E-state index in [1.54, 1.807) is 20.8 Å². The average Bonchev–Trinajstić information content (AvgIpc) is 2.62. The maximum atomic E-state index is 13.3. The number of benzene rings is 1. The fourth-order valence-electron chi connectivity index (χ4n) is 3.43. The van der Waals surface area contributed by atoms with E-state index in [4.69, 9.17) is 11.2 Å². The van der Waals surface area contributed by atoms with Crippen molar-refractivity contribution in [1.29, 1.82) is 0 Å². The minimum atomic E-state index is -1.03. The Kier molecular flexibility index (Phi) is 9.77. The van der Waals surface area contributed by atoms with Crippen LogP contribution in [0.2, 0.25) is 0 Å². The van der Waals surface area contributed by atoms with Crippen LogP contribution in [0.15, 0.2) is 18.2 Å². The van der Waals surface area contributed by atoms with Crippen molar-refractivity contribution in [2.24, 2.45) is 0 Å². The van der Waals surface area contributed by atoms with Gasteiger partial charge in [-0.1, -0.05) is 49.1 Å². The third-order valence-corrected chi connectivity index (χ3v) is 4.66. The highest BCUT2D eigenvalue weighted by Crippen LogP contribution is 2.24. The van der Waals surface area contributed by atoms with Crippen molar-refractivity contribution in [1.82, 2.24) is 15.5 Å². The number of nitrogens with one attached hydrogen (secondary N) is 2. The zero-order valence-electron chi connectivity index (χ0n) is 20.5. The van der Waals surface area contributed by atoms with Crippen molar-refractivity contribution in [3.8, 4) is 12.5 Å². The fraction of sp³-hybridized carbons (Fsp3) is 0.560. The van der Waals surface area contributed by atoms with Crippen LogP contribution in [0.5, 0.6) is 0 Å². The lowest BCUT2D eigenvalue weighted by atomic mass is 9.98. The standard InChI is InChI=1S/C25H37N3O4/c1-10-12-18(5)26-22(29)21(20-14-16(3)13-17(4)15-20)28(11-2)23(30)19(6)27-24(31)32-25(7,8)9/h2,13-15,18-19,21H,10,12H2,1,3-9H3,(H,26,29)(H,27,31). The van der Waals surface area contributed by atoms with E-state index in [1.165, 1.54) is 6.92 Å². The van der Waals surface area contributed by atoms with Crippen LogP contribution in [0.4, 0.5) is 4.79 Å². The molecule has 176 valence electrons. The molecular formula is C25H37N3O4. The van der Waals surface area contributed by atoms with Crippen molar-refractivity contribution in [2.75, 3.05) is 0 Å². The van der Waals surface area contributed by atoms with Gasteiger partial charge in [0, 0.05) is 12.1 Å². The highest BCUT2D eigenvalue weighted by molar-refractivity contribution is 5.93. The van der Waals surface area contributed by atoms with Crippen LogP contribution in [0.3, 0.4) is 0 Å². The molecule has 3 unspecified atom stereocenters. The zero-order valence-corrected chi connectivity index (χ0v) is 20.5. The van der Waals surface area contributed by atoms with Crippen molar-refractivity contribution in [3.63, 3.8) is 0 Å². The normalized spacial score (nSPS) is 13.8. The lowest BCUT2D eigenvalue weighted by molar-refractivity contribution is -0.138. The van der Waals surface area contributed by atoms with Gasteiger partial charge in [0.15, 0.2) is 0 Å². The summed E-state index contributed by atoms with van der Waals surface area (Å²) in [5.41, 5.74) is 1.79. The highest BCUT2D eigenvalue weighted by atomic mass is 16.6. The summed E-state index contributed by atoms with van der Waals surface area (Å²) in [6.45, 7) is 14.5. The summed E-state index contributed by atoms with van der Waals surface area (Å²) in [4.78, 5) is 39.7. The Balaban J connectivity index is 3.26. The maximum absolute atomic E-state index is 13.3. The number of aryl methyl sites for hydroxylation is 2. The van der Waals surface area contributed by atoms with Crippen LogP contribution in [0.1, 0.15) is 77.1 Å². The van der Waals surface area contributed by atoms with Crippen LogP contribution in [0, 0.1) is 26.3 Å². The summed E-state index contributed by atoms with van der Waals surface area (Å²) >= 11 is 0. The van der Waals surface area contributed by atoms with Crippen LogP contribution < -0.4 is 10.6 Å². The van der Waals surface area contributed by atoms with E-state index in [2.05, 4.69) is 16.7 Å². The van der Waals surface area contributed by atoms with E-state index in [-0.39, 0.29) is 11.9 Å². The summed E-state index contributed by atoms with van der Waals surface area (Å²) < 4.78 is 5.22. The quantitative estimate of drug-likeness (QED) is 0.470. The van der Waals surface area contributed by atoms with E-state index in [0.29, 0.717) is 5.56 Å². The Bertz CT molecular complexity index is 847. The van der Waals surface area contributed by atoms with Crippen LogP contribution in [-0.4, -0.2) is 40.5 Å². The summed E-state index contributed by atoms with van der Waals surface area (Å²) in [6, 6.07) is 5.91. The summed E-state index contributed by atoms with van der Waals surface area (Å²) in [7, 11) is 0. The van der Waals surface area contributed by atoms with Crippen LogP contribution >= 0.6 is 0 Å². The second-order valence-electron chi connectivity index (χ2n) is 9.23. The van der Waals surface area contributed by atoms with E-state index < -0.39 is 29.7 Å². The van der Waals surface area contributed by atoms with Gasteiger partial charge in [0.05, 0.1) is 0 Å². The van der Waals surface area contributed by atoms with Gasteiger partial charge in [0.2, 0.25) is 5.91 Å². The molecule has 0 radical (unpaired) electrons. The van der Waals surface area contributed by atoms with E-state index in [9.17, 15) is 14.4 Å². The van der Waals surface area contributed by atoms with Crippen LogP contribution in [-0.2, 0) is 14.3 Å². The molecule has 0 aliphatic carbocycles. The molecule has 1 rings (SSSR count). The molecule has 0 spiro atoms. The zero-order chi connectivity index (χ0) is 24.6. The predicted molar refractivity (Wildman–Crippen MR) is 126 cm³/mol. The molecule has 0 heterocycles. The van der Waals surface area contributed by atoms with Gasteiger partial charge in [-0.2, -0.15) is 0 Å². The number of carbonyl (C=O) groups excluding carboxylic acids is 3. The molecule has 1 aromatic carbocycles. The van der Waals surface area contributed by atoms with Gasteiger partial charge >= 0.3 is 6.09 Å². The van der Waals surface area contributed by atoms with E-state index in [1.807, 2.05) is 45.9 Å². The molecular weight excluding hydrogens is 406 g/mol. The molecule has 0 aromatic heterocycles. The van der Waals surface area contributed by atoms with E-state index in [0.717, 1.165) is 28.9 Å². The maximum Gasteiger partial charge on any atom is 0.408 e. The Morgan fingerprint density at radius 3 is 2.12 bits per heavy atom. The van der Waals surface area contributed by atoms with Gasteiger partial charge in [0.25, 0.3) is 5.91 Å². The van der Waals surface area contributed by atoms with Crippen molar-refractivity contribution >= 4 is 17.9 Å².